The van der Waals surface area contributed by atoms with E-state index < -0.39 is 0 Å². The molecule has 2 aromatic heterocycles. The second-order valence-corrected chi connectivity index (χ2v) is 8.42. The number of aromatic nitrogens is 3. The Morgan fingerprint density at radius 3 is 2.41 bits per heavy atom. The molecule has 0 saturated heterocycles. The fourth-order valence-electron chi connectivity index (χ4n) is 2.97. The van der Waals surface area contributed by atoms with Crippen molar-refractivity contribution in [2.75, 3.05) is 0 Å². The fraction of sp³-hybridized carbons (Fsp3) is 0.238. The van der Waals surface area contributed by atoms with E-state index in [0.717, 1.165) is 22.3 Å². The number of nitrogens with zero attached hydrogens (tertiary/aromatic N) is 2. The molecule has 0 aliphatic carbocycles. The summed E-state index contributed by atoms with van der Waals surface area (Å²) in [6, 6.07) is 11.6. The van der Waals surface area contributed by atoms with E-state index >= 15 is 0 Å². The van der Waals surface area contributed by atoms with Crippen LogP contribution in [-0.4, -0.2) is 15.0 Å². The van der Waals surface area contributed by atoms with Crippen LogP contribution in [0.15, 0.2) is 40.8 Å². The number of hydrogen-bond donors (Lipinski definition) is 1. The van der Waals surface area contributed by atoms with Gasteiger partial charge < -0.3 is 9.40 Å². The zero-order chi connectivity index (χ0) is 19.3. The van der Waals surface area contributed by atoms with Crippen molar-refractivity contribution in [3.63, 3.8) is 0 Å². The molecule has 27 heavy (non-hydrogen) atoms. The molecular weight excluding hydrogens is 381 g/mol. The van der Waals surface area contributed by atoms with Gasteiger partial charge in [-0.15, -0.1) is 0 Å². The molecule has 0 aliphatic heterocycles. The van der Waals surface area contributed by atoms with Crippen molar-refractivity contribution in [2.45, 2.75) is 33.1 Å². The molecular formula is C21H19Cl2N3O. The third-order valence-electron chi connectivity index (χ3n) is 4.38. The van der Waals surface area contributed by atoms with E-state index in [1.54, 1.807) is 0 Å². The van der Waals surface area contributed by atoms with Gasteiger partial charge in [0.25, 0.3) is 0 Å². The minimum Gasteiger partial charge on any atom is -0.437 e. The Kier molecular flexibility index (Phi) is 4.28. The average molecular weight is 400 g/mol. The van der Waals surface area contributed by atoms with Crippen molar-refractivity contribution in [3.8, 4) is 22.7 Å². The van der Waals surface area contributed by atoms with Crippen molar-refractivity contribution >= 4 is 34.2 Å². The minimum absolute atomic E-state index is 0.177. The van der Waals surface area contributed by atoms with Crippen molar-refractivity contribution < 1.29 is 4.42 Å². The largest absolute Gasteiger partial charge is 0.437 e. The van der Waals surface area contributed by atoms with Gasteiger partial charge in [0.2, 0.25) is 5.89 Å². The summed E-state index contributed by atoms with van der Waals surface area (Å²) in [5.41, 5.74) is 3.98. The Balaban J connectivity index is 1.85. The number of benzene rings is 2. The lowest BCUT2D eigenvalue weighted by atomic mass is 9.97. The van der Waals surface area contributed by atoms with Gasteiger partial charge in [0, 0.05) is 16.0 Å². The summed E-state index contributed by atoms with van der Waals surface area (Å²) in [6.07, 6.45) is 0. The molecule has 0 bridgehead atoms. The SMILES string of the molecule is Cc1nc(C(C)(C)C)oc1-c1nc2c(Cl)cc(-c3ccccc3Cl)cc2[nH]1. The van der Waals surface area contributed by atoms with Gasteiger partial charge in [0.05, 0.1) is 16.2 Å². The first kappa shape index (κ1) is 18.1. The first-order valence-corrected chi connectivity index (χ1v) is 9.42. The molecule has 1 N–H and O–H groups in total. The lowest BCUT2D eigenvalue weighted by Crippen LogP contribution is -2.11. The van der Waals surface area contributed by atoms with Crippen LogP contribution in [0.3, 0.4) is 0 Å². The Bertz CT molecular complexity index is 1150. The summed E-state index contributed by atoms with van der Waals surface area (Å²) in [4.78, 5) is 12.5. The van der Waals surface area contributed by atoms with E-state index in [0.29, 0.717) is 33.0 Å². The zero-order valence-electron chi connectivity index (χ0n) is 15.5. The molecule has 0 fully saturated rings. The normalized spacial score (nSPS) is 12.1. The zero-order valence-corrected chi connectivity index (χ0v) is 17.0. The Labute approximate surface area is 167 Å². The number of fused-ring (bicyclic) bond motifs is 1. The van der Waals surface area contributed by atoms with Crippen molar-refractivity contribution in [3.05, 3.63) is 58.0 Å². The highest BCUT2D eigenvalue weighted by molar-refractivity contribution is 6.36. The van der Waals surface area contributed by atoms with E-state index in [1.165, 1.54) is 0 Å². The van der Waals surface area contributed by atoms with Crippen molar-refractivity contribution in [1.82, 2.24) is 15.0 Å². The van der Waals surface area contributed by atoms with Gasteiger partial charge in [-0.1, -0.05) is 62.2 Å². The molecule has 0 atom stereocenters. The number of nitrogens with one attached hydrogen (secondary N) is 1. The van der Waals surface area contributed by atoms with E-state index in [2.05, 4.69) is 35.7 Å². The summed E-state index contributed by atoms with van der Waals surface area (Å²) in [5, 5.41) is 1.23. The monoisotopic (exact) mass is 399 g/mol. The van der Waals surface area contributed by atoms with Crippen molar-refractivity contribution in [1.29, 1.82) is 0 Å². The molecule has 0 radical (unpaired) electrons. The highest BCUT2D eigenvalue weighted by atomic mass is 35.5. The Morgan fingerprint density at radius 1 is 1.00 bits per heavy atom. The molecule has 4 rings (SSSR count). The molecule has 6 heteroatoms. The van der Waals surface area contributed by atoms with Crippen LogP contribution < -0.4 is 0 Å². The number of aromatic amines is 1. The molecule has 0 aliphatic rings. The molecule has 138 valence electrons. The maximum Gasteiger partial charge on any atom is 0.200 e. The number of rotatable bonds is 2. The van der Waals surface area contributed by atoms with Gasteiger partial charge in [-0.2, -0.15) is 0 Å². The van der Waals surface area contributed by atoms with Crippen LogP contribution in [0, 0.1) is 6.92 Å². The fourth-order valence-corrected chi connectivity index (χ4v) is 3.48. The van der Waals surface area contributed by atoms with Crippen LogP contribution >= 0.6 is 23.2 Å². The molecule has 0 spiro atoms. The molecule has 4 nitrogen and oxygen atoms in total. The van der Waals surface area contributed by atoms with Gasteiger partial charge in [0.15, 0.2) is 11.6 Å². The van der Waals surface area contributed by atoms with Gasteiger partial charge in [0.1, 0.15) is 5.52 Å². The maximum atomic E-state index is 6.51. The quantitative estimate of drug-likeness (QED) is 0.403. The third-order valence-corrected chi connectivity index (χ3v) is 5.00. The van der Waals surface area contributed by atoms with Crippen LogP contribution in [0.1, 0.15) is 32.4 Å². The van der Waals surface area contributed by atoms with Crippen LogP contribution in [0.5, 0.6) is 0 Å². The summed E-state index contributed by atoms with van der Waals surface area (Å²) >= 11 is 12.8. The lowest BCUT2D eigenvalue weighted by molar-refractivity contribution is 0.398. The molecule has 0 unspecified atom stereocenters. The smallest absolute Gasteiger partial charge is 0.200 e. The topological polar surface area (TPSA) is 54.7 Å². The first-order chi connectivity index (χ1) is 12.7. The number of hydrogen-bond acceptors (Lipinski definition) is 3. The number of halogens is 2. The van der Waals surface area contributed by atoms with E-state index in [4.69, 9.17) is 27.6 Å². The highest BCUT2D eigenvalue weighted by Crippen LogP contribution is 2.35. The maximum absolute atomic E-state index is 6.51. The standard InChI is InChI=1S/C21H19Cl2N3O/c1-11-18(27-20(24-11)21(2,3)4)19-25-16-10-12(9-15(23)17(16)26-19)13-7-5-6-8-14(13)22/h5-10H,1-4H3,(H,25,26). The third kappa shape index (κ3) is 3.24. The van der Waals surface area contributed by atoms with Crippen LogP contribution in [0.2, 0.25) is 10.0 Å². The molecule has 0 saturated carbocycles. The van der Waals surface area contributed by atoms with Crippen LogP contribution in [0.25, 0.3) is 33.7 Å². The molecule has 2 aromatic carbocycles. The Hall–Kier alpha value is -2.30. The second kappa shape index (κ2) is 6.39. The van der Waals surface area contributed by atoms with E-state index in [1.807, 2.05) is 43.3 Å². The number of oxazole rings is 1. The summed E-state index contributed by atoms with van der Waals surface area (Å²) < 4.78 is 6.00. The molecule has 4 aromatic rings. The van der Waals surface area contributed by atoms with Gasteiger partial charge in [-0.3, -0.25) is 0 Å². The average Bonchev–Trinajstić information content (AvgIpc) is 3.18. The highest BCUT2D eigenvalue weighted by Gasteiger charge is 2.24. The summed E-state index contributed by atoms with van der Waals surface area (Å²) in [6.45, 7) is 8.10. The van der Waals surface area contributed by atoms with Gasteiger partial charge in [-0.25, -0.2) is 9.97 Å². The predicted octanol–water partition coefficient (Wildman–Crippen LogP) is 6.80. The lowest BCUT2D eigenvalue weighted by Gasteiger charge is -2.11. The van der Waals surface area contributed by atoms with Crippen LogP contribution in [-0.2, 0) is 5.41 Å². The minimum atomic E-state index is -0.177. The number of aryl methyl sites for hydroxylation is 1. The second-order valence-electron chi connectivity index (χ2n) is 7.60. The van der Waals surface area contributed by atoms with E-state index in [9.17, 15) is 0 Å². The first-order valence-electron chi connectivity index (χ1n) is 8.66. The van der Waals surface area contributed by atoms with Gasteiger partial charge >= 0.3 is 0 Å². The number of H-pyrrole nitrogens is 1. The van der Waals surface area contributed by atoms with Crippen molar-refractivity contribution in [2.24, 2.45) is 0 Å². The number of imidazole rings is 1. The Morgan fingerprint density at radius 2 is 1.74 bits per heavy atom. The molecule has 2 heterocycles. The molecule has 0 amide bonds. The van der Waals surface area contributed by atoms with Crippen LogP contribution in [0.4, 0.5) is 0 Å². The van der Waals surface area contributed by atoms with E-state index in [-0.39, 0.29) is 5.41 Å². The summed E-state index contributed by atoms with van der Waals surface area (Å²) in [7, 11) is 0. The predicted molar refractivity (Wildman–Crippen MR) is 110 cm³/mol. The van der Waals surface area contributed by atoms with Gasteiger partial charge in [-0.05, 0) is 30.7 Å². The summed E-state index contributed by atoms with van der Waals surface area (Å²) in [5.74, 6) is 1.92.